The molecule has 1 heterocycles. The summed E-state index contributed by atoms with van der Waals surface area (Å²) in [6.45, 7) is 0. The zero-order valence-corrected chi connectivity index (χ0v) is 13.7. The minimum absolute atomic E-state index is 0.0104. The maximum atomic E-state index is 13.8. The van der Waals surface area contributed by atoms with Crippen molar-refractivity contribution < 1.29 is 27.1 Å². The number of hydrogen-bond acceptors (Lipinski definition) is 4. The Bertz CT molecular complexity index is 1100. The number of carboxylic acid groups (broad SMARTS) is 1. The molecule has 2 N–H and O–H groups in total. The van der Waals surface area contributed by atoms with Crippen LogP contribution in [0.1, 0.15) is 10.5 Å². The van der Waals surface area contributed by atoms with Crippen LogP contribution in [0, 0.1) is 11.6 Å². The van der Waals surface area contributed by atoms with Gasteiger partial charge in [-0.3, -0.25) is 4.72 Å². The van der Waals surface area contributed by atoms with Crippen molar-refractivity contribution in [2.24, 2.45) is 0 Å². The standard InChI is InChI=1S/C16H11F2N3O4S/c17-10-5-6-11(18)15(9-10)26(24,25)20-12-3-1-2-4-14(12)21-8-7-13(19-21)16(22)23/h1-9,20H,(H,22,23). The van der Waals surface area contributed by atoms with Crippen LogP contribution in [0.2, 0.25) is 0 Å². The molecule has 2 aromatic carbocycles. The smallest absolute Gasteiger partial charge is 0.356 e. The first-order chi connectivity index (χ1) is 12.3. The van der Waals surface area contributed by atoms with Crippen LogP contribution in [0.3, 0.4) is 0 Å². The monoisotopic (exact) mass is 379 g/mol. The molecule has 10 heteroatoms. The molecule has 26 heavy (non-hydrogen) atoms. The van der Waals surface area contributed by atoms with E-state index >= 15 is 0 Å². The zero-order valence-electron chi connectivity index (χ0n) is 12.9. The van der Waals surface area contributed by atoms with Gasteiger partial charge in [0.1, 0.15) is 16.5 Å². The molecule has 0 radical (unpaired) electrons. The van der Waals surface area contributed by atoms with E-state index in [9.17, 15) is 22.0 Å². The van der Waals surface area contributed by atoms with Crippen LogP contribution in [-0.4, -0.2) is 29.3 Å². The Morgan fingerprint density at radius 1 is 1.12 bits per heavy atom. The Labute approximate surface area is 146 Å². The quantitative estimate of drug-likeness (QED) is 0.710. The topological polar surface area (TPSA) is 101 Å². The molecule has 134 valence electrons. The van der Waals surface area contributed by atoms with Crippen LogP contribution in [0.25, 0.3) is 5.69 Å². The molecule has 0 fully saturated rings. The van der Waals surface area contributed by atoms with E-state index in [2.05, 4.69) is 9.82 Å². The molecule has 0 aliphatic rings. The summed E-state index contributed by atoms with van der Waals surface area (Å²) in [6.07, 6.45) is 1.33. The predicted molar refractivity (Wildman–Crippen MR) is 87.7 cm³/mol. The van der Waals surface area contributed by atoms with Crippen LogP contribution in [0.15, 0.2) is 59.6 Å². The lowest BCUT2D eigenvalue weighted by Gasteiger charge is -2.13. The van der Waals surface area contributed by atoms with Gasteiger partial charge in [-0.05, 0) is 36.4 Å². The second-order valence-electron chi connectivity index (χ2n) is 5.15. The van der Waals surface area contributed by atoms with E-state index in [0.717, 1.165) is 10.7 Å². The highest BCUT2D eigenvalue weighted by Gasteiger charge is 2.22. The predicted octanol–water partition coefficient (Wildman–Crippen LogP) is 2.65. The third-order valence-corrected chi connectivity index (χ3v) is 4.77. The van der Waals surface area contributed by atoms with E-state index in [-0.39, 0.29) is 17.1 Å². The summed E-state index contributed by atoms with van der Waals surface area (Å²) in [6, 6.07) is 9.28. The Kier molecular flexibility index (Phi) is 4.43. The van der Waals surface area contributed by atoms with Crippen molar-refractivity contribution in [1.82, 2.24) is 9.78 Å². The first-order valence-electron chi connectivity index (χ1n) is 7.14. The summed E-state index contributed by atoms with van der Waals surface area (Å²) in [5.41, 5.74) is -0.0181. The summed E-state index contributed by atoms with van der Waals surface area (Å²) in [5.74, 6) is -3.26. The number of benzene rings is 2. The molecule has 0 unspecified atom stereocenters. The molecule has 0 aliphatic heterocycles. The molecule has 0 bridgehead atoms. The number of rotatable bonds is 5. The van der Waals surface area contributed by atoms with E-state index < -0.39 is 32.5 Å². The average Bonchev–Trinajstić information content (AvgIpc) is 3.07. The lowest BCUT2D eigenvalue weighted by molar-refractivity contribution is 0.0690. The molecule has 0 saturated carbocycles. The van der Waals surface area contributed by atoms with Gasteiger partial charge in [-0.2, -0.15) is 5.10 Å². The Balaban J connectivity index is 2.03. The van der Waals surface area contributed by atoms with Crippen molar-refractivity contribution in [3.63, 3.8) is 0 Å². The van der Waals surface area contributed by atoms with Gasteiger partial charge in [-0.1, -0.05) is 12.1 Å². The second-order valence-corrected chi connectivity index (χ2v) is 6.80. The molecule has 0 amide bonds. The number of carboxylic acids is 1. The molecule has 0 atom stereocenters. The van der Waals surface area contributed by atoms with Gasteiger partial charge < -0.3 is 5.11 Å². The Morgan fingerprint density at radius 2 is 1.85 bits per heavy atom. The molecule has 0 aliphatic carbocycles. The van der Waals surface area contributed by atoms with Crippen molar-refractivity contribution in [1.29, 1.82) is 0 Å². The van der Waals surface area contributed by atoms with Crippen molar-refractivity contribution in [3.8, 4) is 5.69 Å². The van der Waals surface area contributed by atoms with Crippen LogP contribution in [0.4, 0.5) is 14.5 Å². The molecule has 0 spiro atoms. The molecule has 0 saturated heterocycles. The number of nitrogens with one attached hydrogen (secondary N) is 1. The molecule has 3 rings (SSSR count). The van der Waals surface area contributed by atoms with Gasteiger partial charge in [-0.15, -0.1) is 0 Å². The largest absolute Gasteiger partial charge is 0.476 e. The maximum Gasteiger partial charge on any atom is 0.356 e. The van der Waals surface area contributed by atoms with Crippen LogP contribution >= 0.6 is 0 Å². The lowest BCUT2D eigenvalue weighted by Crippen LogP contribution is -2.16. The highest BCUT2D eigenvalue weighted by Crippen LogP contribution is 2.24. The summed E-state index contributed by atoms with van der Waals surface area (Å²) < 4.78 is 55.3. The molecular formula is C16H11F2N3O4S. The van der Waals surface area contributed by atoms with E-state index in [1.165, 1.54) is 30.5 Å². The Hall–Kier alpha value is -3.27. The minimum Gasteiger partial charge on any atom is -0.476 e. The average molecular weight is 379 g/mol. The van der Waals surface area contributed by atoms with Gasteiger partial charge in [-0.25, -0.2) is 26.7 Å². The highest BCUT2D eigenvalue weighted by atomic mass is 32.2. The first kappa shape index (κ1) is 17.5. The zero-order chi connectivity index (χ0) is 18.9. The third kappa shape index (κ3) is 3.40. The summed E-state index contributed by atoms with van der Waals surface area (Å²) in [5, 5.41) is 12.8. The van der Waals surface area contributed by atoms with Gasteiger partial charge in [0, 0.05) is 6.20 Å². The summed E-state index contributed by atoms with van der Waals surface area (Å²) in [4.78, 5) is 10.1. The van der Waals surface area contributed by atoms with E-state index in [1.54, 1.807) is 6.07 Å². The van der Waals surface area contributed by atoms with Crippen LogP contribution in [-0.2, 0) is 10.0 Å². The van der Waals surface area contributed by atoms with Gasteiger partial charge in [0.05, 0.1) is 11.4 Å². The molecule has 3 aromatic rings. The number of halogens is 2. The summed E-state index contributed by atoms with van der Waals surface area (Å²) >= 11 is 0. The SMILES string of the molecule is O=C(O)c1ccn(-c2ccccc2NS(=O)(=O)c2cc(F)ccc2F)n1. The van der Waals surface area contributed by atoms with Crippen LogP contribution in [0.5, 0.6) is 0 Å². The van der Waals surface area contributed by atoms with Crippen molar-refractivity contribution in [2.45, 2.75) is 4.90 Å². The number of aromatic carboxylic acids is 1. The van der Waals surface area contributed by atoms with Crippen LogP contribution < -0.4 is 4.72 Å². The van der Waals surface area contributed by atoms with Gasteiger partial charge in [0.25, 0.3) is 10.0 Å². The Morgan fingerprint density at radius 3 is 2.54 bits per heavy atom. The number of anilines is 1. The minimum atomic E-state index is -4.43. The van der Waals surface area contributed by atoms with Gasteiger partial charge in [0.15, 0.2) is 5.69 Å². The third-order valence-electron chi connectivity index (χ3n) is 3.39. The number of para-hydroxylation sites is 2. The molecule has 7 nitrogen and oxygen atoms in total. The number of carbonyl (C=O) groups is 1. The number of hydrogen-bond donors (Lipinski definition) is 2. The fraction of sp³-hybridized carbons (Fsp3) is 0. The molecular weight excluding hydrogens is 368 g/mol. The van der Waals surface area contributed by atoms with Gasteiger partial charge in [0.2, 0.25) is 0 Å². The number of nitrogens with zero attached hydrogens (tertiary/aromatic N) is 2. The van der Waals surface area contributed by atoms with Crippen molar-refractivity contribution >= 4 is 21.7 Å². The fourth-order valence-corrected chi connectivity index (χ4v) is 3.38. The van der Waals surface area contributed by atoms with Gasteiger partial charge >= 0.3 is 5.97 Å². The lowest BCUT2D eigenvalue weighted by atomic mass is 10.3. The van der Waals surface area contributed by atoms with E-state index in [4.69, 9.17) is 5.11 Å². The van der Waals surface area contributed by atoms with E-state index in [1.807, 2.05) is 0 Å². The number of aromatic nitrogens is 2. The second kappa shape index (κ2) is 6.56. The normalized spacial score (nSPS) is 11.3. The first-order valence-corrected chi connectivity index (χ1v) is 8.62. The number of sulfonamides is 1. The van der Waals surface area contributed by atoms with E-state index in [0.29, 0.717) is 12.1 Å². The van der Waals surface area contributed by atoms with Crippen molar-refractivity contribution in [2.75, 3.05) is 4.72 Å². The highest BCUT2D eigenvalue weighted by molar-refractivity contribution is 7.92. The van der Waals surface area contributed by atoms with Crippen molar-refractivity contribution in [3.05, 3.63) is 72.1 Å². The summed E-state index contributed by atoms with van der Waals surface area (Å²) in [7, 11) is -4.43. The fourth-order valence-electron chi connectivity index (χ4n) is 2.21. The maximum absolute atomic E-state index is 13.8. The molecule has 1 aromatic heterocycles.